The molecule has 112 valence electrons. The normalized spacial score (nSPS) is 10.4. The van der Waals surface area contributed by atoms with Crippen molar-refractivity contribution in [3.8, 4) is 11.6 Å². The molecule has 1 heterocycles. The van der Waals surface area contributed by atoms with Gasteiger partial charge in [-0.2, -0.15) is 4.98 Å². The maximum atomic E-state index is 8.91. The van der Waals surface area contributed by atoms with Gasteiger partial charge in [0.2, 0.25) is 11.8 Å². The van der Waals surface area contributed by atoms with E-state index in [-0.39, 0.29) is 6.61 Å². The highest BCUT2D eigenvalue weighted by molar-refractivity contribution is 5.36. The summed E-state index contributed by atoms with van der Waals surface area (Å²) < 4.78 is 5.81. The van der Waals surface area contributed by atoms with E-state index in [4.69, 9.17) is 9.84 Å². The molecule has 0 aliphatic rings. The van der Waals surface area contributed by atoms with E-state index in [0.29, 0.717) is 18.2 Å². The molecule has 0 saturated carbocycles. The zero-order valence-corrected chi connectivity index (χ0v) is 12.5. The summed E-state index contributed by atoms with van der Waals surface area (Å²) in [5.41, 5.74) is 1.96. The Balaban J connectivity index is 2.10. The molecule has 21 heavy (non-hydrogen) atoms. The van der Waals surface area contributed by atoms with Crippen LogP contribution in [0.25, 0.3) is 0 Å². The Kier molecular flexibility index (Phi) is 5.51. The van der Waals surface area contributed by atoms with Crippen molar-refractivity contribution in [3.05, 3.63) is 41.6 Å². The van der Waals surface area contributed by atoms with E-state index in [9.17, 15) is 0 Å². The Labute approximate surface area is 125 Å². The first-order chi connectivity index (χ1) is 10.2. The molecule has 0 amide bonds. The number of rotatable bonds is 7. The van der Waals surface area contributed by atoms with Gasteiger partial charge in [-0.25, -0.2) is 4.98 Å². The quantitative estimate of drug-likeness (QED) is 0.819. The van der Waals surface area contributed by atoms with Crippen LogP contribution in [-0.4, -0.2) is 28.2 Å². The minimum Gasteiger partial charge on any atom is -0.439 e. The van der Waals surface area contributed by atoms with Gasteiger partial charge in [-0.3, -0.25) is 0 Å². The number of aliphatic hydroxyl groups excluding tert-OH is 1. The first kappa shape index (κ1) is 15.3. The third-order valence-corrected chi connectivity index (χ3v) is 3.00. The third-order valence-electron chi connectivity index (χ3n) is 3.00. The maximum absolute atomic E-state index is 8.91. The fourth-order valence-corrected chi connectivity index (χ4v) is 1.82. The molecular weight excluding hydrogens is 266 g/mol. The Morgan fingerprint density at radius 1 is 1.24 bits per heavy atom. The average molecular weight is 287 g/mol. The molecule has 0 bridgehead atoms. The second-order valence-corrected chi connectivity index (χ2v) is 4.83. The number of hydrogen-bond donors (Lipinski definition) is 2. The molecule has 0 atom stereocenters. The third kappa shape index (κ3) is 4.43. The molecule has 0 aliphatic heterocycles. The number of nitrogens with zero attached hydrogens (tertiary/aromatic N) is 2. The standard InChI is InChI=1S/C16H21N3O2/c1-3-9-17-16-18-11-12(2)15(19-16)21-14-6-4-13(5-7-14)8-10-20/h4-7,11,20H,3,8-10H2,1-2H3,(H,17,18,19). The summed E-state index contributed by atoms with van der Waals surface area (Å²) >= 11 is 0. The van der Waals surface area contributed by atoms with Gasteiger partial charge in [-0.05, 0) is 37.5 Å². The van der Waals surface area contributed by atoms with Crippen LogP contribution in [0, 0.1) is 6.92 Å². The van der Waals surface area contributed by atoms with E-state index in [1.54, 1.807) is 6.20 Å². The lowest BCUT2D eigenvalue weighted by Crippen LogP contribution is -2.05. The number of aromatic nitrogens is 2. The van der Waals surface area contributed by atoms with E-state index in [1.165, 1.54) is 0 Å². The second kappa shape index (κ2) is 7.59. The summed E-state index contributed by atoms with van der Waals surface area (Å²) in [5, 5.41) is 12.1. The van der Waals surface area contributed by atoms with Crippen LogP contribution in [0.1, 0.15) is 24.5 Å². The molecule has 0 unspecified atom stereocenters. The topological polar surface area (TPSA) is 67.3 Å². The maximum Gasteiger partial charge on any atom is 0.226 e. The molecule has 2 aromatic rings. The van der Waals surface area contributed by atoms with E-state index in [0.717, 1.165) is 29.8 Å². The van der Waals surface area contributed by atoms with Crippen LogP contribution >= 0.6 is 0 Å². The molecule has 0 radical (unpaired) electrons. The molecule has 2 rings (SSSR count). The monoisotopic (exact) mass is 287 g/mol. The SMILES string of the molecule is CCCNc1ncc(C)c(Oc2ccc(CCO)cc2)n1. The number of ether oxygens (including phenoxy) is 1. The van der Waals surface area contributed by atoms with Gasteiger partial charge in [0.15, 0.2) is 0 Å². The van der Waals surface area contributed by atoms with Crippen molar-refractivity contribution >= 4 is 5.95 Å². The van der Waals surface area contributed by atoms with Gasteiger partial charge >= 0.3 is 0 Å². The highest BCUT2D eigenvalue weighted by Gasteiger charge is 2.06. The van der Waals surface area contributed by atoms with Gasteiger partial charge in [-0.15, -0.1) is 0 Å². The number of benzene rings is 1. The first-order valence-electron chi connectivity index (χ1n) is 7.18. The molecule has 5 nitrogen and oxygen atoms in total. The van der Waals surface area contributed by atoms with Gasteiger partial charge in [0.1, 0.15) is 5.75 Å². The molecule has 0 saturated heterocycles. The Bertz CT molecular complexity index is 570. The lowest BCUT2D eigenvalue weighted by atomic mass is 10.1. The highest BCUT2D eigenvalue weighted by Crippen LogP contribution is 2.23. The number of aryl methyl sites for hydroxylation is 1. The predicted octanol–water partition coefficient (Wildman–Crippen LogP) is 2.93. The number of anilines is 1. The fourth-order valence-electron chi connectivity index (χ4n) is 1.82. The minimum atomic E-state index is 0.150. The van der Waals surface area contributed by atoms with Crippen molar-refractivity contribution in [2.45, 2.75) is 26.7 Å². The van der Waals surface area contributed by atoms with Crippen LogP contribution in [-0.2, 0) is 6.42 Å². The summed E-state index contributed by atoms with van der Waals surface area (Å²) in [7, 11) is 0. The minimum absolute atomic E-state index is 0.150. The van der Waals surface area contributed by atoms with Gasteiger partial charge in [0.05, 0.1) is 0 Å². The molecule has 1 aromatic heterocycles. The zero-order valence-electron chi connectivity index (χ0n) is 12.5. The summed E-state index contributed by atoms with van der Waals surface area (Å²) in [5.74, 6) is 1.85. The number of nitrogens with one attached hydrogen (secondary N) is 1. The molecule has 0 spiro atoms. The van der Waals surface area contributed by atoms with E-state index >= 15 is 0 Å². The van der Waals surface area contributed by atoms with E-state index in [2.05, 4.69) is 22.2 Å². The smallest absolute Gasteiger partial charge is 0.226 e. The highest BCUT2D eigenvalue weighted by atomic mass is 16.5. The summed E-state index contributed by atoms with van der Waals surface area (Å²) in [6, 6.07) is 7.65. The lowest BCUT2D eigenvalue weighted by molar-refractivity contribution is 0.299. The number of hydrogen-bond acceptors (Lipinski definition) is 5. The van der Waals surface area contributed by atoms with Gasteiger partial charge in [-0.1, -0.05) is 19.1 Å². The predicted molar refractivity (Wildman–Crippen MR) is 82.9 cm³/mol. The fraction of sp³-hybridized carbons (Fsp3) is 0.375. The van der Waals surface area contributed by atoms with Crippen LogP contribution in [0.5, 0.6) is 11.6 Å². The van der Waals surface area contributed by atoms with Crippen LogP contribution in [0.2, 0.25) is 0 Å². The van der Waals surface area contributed by atoms with Crippen molar-refractivity contribution in [3.63, 3.8) is 0 Å². The first-order valence-corrected chi connectivity index (χ1v) is 7.18. The van der Waals surface area contributed by atoms with Crippen molar-refractivity contribution in [1.82, 2.24) is 9.97 Å². The van der Waals surface area contributed by atoms with Crippen molar-refractivity contribution in [2.75, 3.05) is 18.5 Å². The molecule has 2 N–H and O–H groups in total. The van der Waals surface area contributed by atoms with Crippen LogP contribution in [0.3, 0.4) is 0 Å². The van der Waals surface area contributed by atoms with Gasteiger partial charge in [0, 0.05) is 24.9 Å². The van der Waals surface area contributed by atoms with Crippen molar-refractivity contribution in [2.24, 2.45) is 0 Å². The van der Waals surface area contributed by atoms with E-state index in [1.807, 2.05) is 31.2 Å². The molecule has 0 aliphatic carbocycles. The van der Waals surface area contributed by atoms with Gasteiger partial charge < -0.3 is 15.2 Å². The molecule has 5 heteroatoms. The zero-order chi connectivity index (χ0) is 15.1. The Morgan fingerprint density at radius 3 is 2.67 bits per heavy atom. The van der Waals surface area contributed by atoms with Gasteiger partial charge in [0.25, 0.3) is 0 Å². The van der Waals surface area contributed by atoms with E-state index < -0.39 is 0 Å². The second-order valence-electron chi connectivity index (χ2n) is 4.83. The van der Waals surface area contributed by atoms with Crippen LogP contribution < -0.4 is 10.1 Å². The average Bonchev–Trinajstić information content (AvgIpc) is 2.50. The molecule has 0 fully saturated rings. The lowest BCUT2D eigenvalue weighted by Gasteiger charge is -2.10. The van der Waals surface area contributed by atoms with Crippen LogP contribution in [0.4, 0.5) is 5.95 Å². The molecule has 1 aromatic carbocycles. The summed E-state index contributed by atoms with van der Waals surface area (Å²) in [6.45, 7) is 4.99. The largest absolute Gasteiger partial charge is 0.439 e. The molecular formula is C16H21N3O2. The summed E-state index contributed by atoms with van der Waals surface area (Å²) in [4.78, 5) is 8.61. The van der Waals surface area contributed by atoms with Crippen LogP contribution in [0.15, 0.2) is 30.5 Å². The Hall–Kier alpha value is -2.14. The summed E-state index contributed by atoms with van der Waals surface area (Å²) in [6.07, 6.45) is 3.41. The Morgan fingerprint density at radius 2 is 2.00 bits per heavy atom. The number of aliphatic hydroxyl groups is 1. The van der Waals surface area contributed by atoms with Crippen molar-refractivity contribution < 1.29 is 9.84 Å². The van der Waals surface area contributed by atoms with Crippen molar-refractivity contribution in [1.29, 1.82) is 0 Å².